The summed E-state index contributed by atoms with van der Waals surface area (Å²) in [6.45, 7) is 6.18. The summed E-state index contributed by atoms with van der Waals surface area (Å²) >= 11 is 1.56. The van der Waals surface area contributed by atoms with Gasteiger partial charge < -0.3 is 5.73 Å². The zero-order chi connectivity index (χ0) is 6.41. The van der Waals surface area contributed by atoms with Crippen LogP contribution in [-0.4, -0.2) is 6.54 Å². The third kappa shape index (κ3) is 3.96. The van der Waals surface area contributed by atoms with Gasteiger partial charge in [0, 0.05) is 6.54 Å². The van der Waals surface area contributed by atoms with Crippen molar-refractivity contribution in [1.29, 1.82) is 0 Å². The van der Waals surface area contributed by atoms with E-state index in [0.29, 0.717) is 6.54 Å². The van der Waals surface area contributed by atoms with Gasteiger partial charge in [0.1, 0.15) is 0 Å². The fourth-order valence-electron chi connectivity index (χ4n) is 0.212. The van der Waals surface area contributed by atoms with E-state index in [4.69, 9.17) is 5.73 Å². The van der Waals surface area contributed by atoms with Crippen molar-refractivity contribution in [3.05, 3.63) is 23.0 Å². The highest BCUT2D eigenvalue weighted by molar-refractivity contribution is 8.04. The van der Waals surface area contributed by atoms with Crippen LogP contribution in [0.4, 0.5) is 0 Å². The smallest absolute Gasteiger partial charge is 0.0142 e. The molecular weight excluding hydrogens is 118 g/mol. The molecule has 0 aliphatic rings. The van der Waals surface area contributed by atoms with Crippen molar-refractivity contribution in [1.82, 2.24) is 0 Å². The molecule has 0 bridgehead atoms. The highest BCUT2D eigenvalue weighted by Gasteiger charge is 1.78. The van der Waals surface area contributed by atoms with Crippen LogP contribution in [0.5, 0.6) is 0 Å². The molecule has 0 unspecified atom stereocenters. The molecule has 0 aliphatic heterocycles. The normalized spacial score (nSPS) is 11.5. The maximum absolute atomic E-state index is 5.30. The van der Waals surface area contributed by atoms with Crippen molar-refractivity contribution in [2.24, 2.45) is 5.73 Å². The van der Waals surface area contributed by atoms with E-state index in [-0.39, 0.29) is 0 Å². The van der Waals surface area contributed by atoms with Crippen molar-refractivity contribution in [2.75, 3.05) is 6.54 Å². The Morgan fingerprint density at radius 2 is 2.50 bits per heavy atom. The Balaban J connectivity index is 3.40. The molecule has 0 spiro atoms. The van der Waals surface area contributed by atoms with E-state index >= 15 is 0 Å². The Bertz CT molecular complexity index is 96.7. The zero-order valence-electron chi connectivity index (χ0n) is 5.05. The van der Waals surface area contributed by atoms with Gasteiger partial charge in [-0.3, -0.25) is 0 Å². The molecule has 0 rings (SSSR count). The topological polar surface area (TPSA) is 26.0 Å². The lowest BCUT2D eigenvalue weighted by atomic mass is 10.4. The average molecular weight is 129 g/mol. The lowest BCUT2D eigenvalue weighted by Gasteiger charge is -1.89. The zero-order valence-corrected chi connectivity index (χ0v) is 5.87. The Morgan fingerprint density at radius 3 is 2.88 bits per heavy atom. The monoisotopic (exact) mass is 129 g/mol. The van der Waals surface area contributed by atoms with E-state index in [1.807, 2.05) is 12.3 Å². The number of rotatable bonds is 3. The third-order valence-electron chi connectivity index (χ3n) is 0.687. The lowest BCUT2D eigenvalue weighted by molar-refractivity contribution is 1.15. The van der Waals surface area contributed by atoms with Crippen LogP contribution in [0.1, 0.15) is 6.92 Å². The molecule has 1 nitrogen and oxygen atoms in total. The average Bonchev–Trinajstić information content (AvgIpc) is 1.83. The number of thioether (sulfide) groups is 1. The molecule has 2 heteroatoms. The Labute approximate surface area is 54.6 Å². The molecule has 46 valence electrons. The summed E-state index contributed by atoms with van der Waals surface area (Å²) in [5, 5.41) is 3.77. The highest BCUT2D eigenvalue weighted by atomic mass is 32.2. The van der Waals surface area contributed by atoms with E-state index in [1.54, 1.807) is 17.2 Å². The van der Waals surface area contributed by atoms with E-state index in [1.165, 1.54) is 5.57 Å². The van der Waals surface area contributed by atoms with Crippen LogP contribution in [0.2, 0.25) is 0 Å². The molecule has 0 radical (unpaired) electrons. The molecule has 0 aromatic carbocycles. The van der Waals surface area contributed by atoms with Crippen molar-refractivity contribution < 1.29 is 0 Å². The van der Waals surface area contributed by atoms with Gasteiger partial charge in [0.05, 0.1) is 0 Å². The summed E-state index contributed by atoms with van der Waals surface area (Å²) in [6.07, 6.45) is 0. The molecule has 0 saturated heterocycles. The SMILES string of the molecule is C=CSC=C(C)CN. The minimum Gasteiger partial charge on any atom is -0.327 e. The minimum atomic E-state index is 0.640. The van der Waals surface area contributed by atoms with Gasteiger partial charge in [-0.05, 0) is 17.7 Å². The van der Waals surface area contributed by atoms with Gasteiger partial charge in [-0.1, -0.05) is 12.2 Å². The van der Waals surface area contributed by atoms with Gasteiger partial charge in [-0.2, -0.15) is 0 Å². The summed E-state index contributed by atoms with van der Waals surface area (Å²) in [5.74, 6) is 0. The first-order chi connectivity index (χ1) is 3.81. The summed E-state index contributed by atoms with van der Waals surface area (Å²) in [4.78, 5) is 0. The Kier molecular flexibility index (Phi) is 4.81. The van der Waals surface area contributed by atoms with Crippen LogP contribution >= 0.6 is 11.8 Å². The first-order valence-corrected chi connectivity index (χ1v) is 3.37. The fourth-order valence-corrected chi connectivity index (χ4v) is 0.637. The summed E-state index contributed by atoms with van der Waals surface area (Å²) in [5.41, 5.74) is 6.49. The number of hydrogen-bond donors (Lipinski definition) is 1. The van der Waals surface area contributed by atoms with Crippen LogP contribution in [0.15, 0.2) is 23.0 Å². The van der Waals surface area contributed by atoms with Crippen LogP contribution in [0, 0.1) is 0 Å². The molecule has 0 aromatic rings. The van der Waals surface area contributed by atoms with Crippen molar-refractivity contribution in [3.8, 4) is 0 Å². The van der Waals surface area contributed by atoms with E-state index in [2.05, 4.69) is 6.58 Å². The first kappa shape index (κ1) is 7.79. The second kappa shape index (κ2) is 4.94. The fraction of sp³-hybridized carbons (Fsp3) is 0.333. The number of nitrogens with two attached hydrogens (primary N) is 1. The van der Waals surface area contributed by atoms with Gasteiger partial charge in [-0.25, -0.2) is 0 Å². The predicted molar refractivity (Wildman–Crippen MR) is 40.6 cm³/mol. The molecule has 0 fully saturated rings. The molecule has 0 aromatic heterocycles. The second-order valence-corrected chi connectivity index (χ2v) is 2.31. The standard InChI is InChI=1S/C6H11NS/c1-3-8-5-6(2)4-7/h3,5H,1,4,7H2,2H3. The highest BCUT2D eigenvalue weighted by Crippen LogP contribution is 2.04. The minimum absolute atomic E-state index is 0.640. The number of hydrogen-bond acceptors (Lipinski definition) is 2. The molecule has 0 amide bonds. The first-order valence-electron chi connectivity index (χ1n) is 2.43. The van der Waals surface area contributed by atoms with E-state index in [9.17, 15) is 0 Å². The third-order valence-corrected chi connectivity index (χ3v) is 1.42. The Morgan fingerprint density at radius 1 is 1.88 bits per heavy atom. The summed E-state index contributed by atoms with van der Waals surface area (Å²) < 4.78 is 0. The summed E-state index contributed by atoms with van der Waals surface area (Å²) in [6, 6.07) is 0. The Hall–Kier alpha value is -0.210. The molecule has 0 heterocycles. The molecular formula is C6H11NS. The van der Waals surface area contributed by atoms with Crippen LogP contribution < -0.4 is 5.73 Å². The van der Waals surface area contributed by atoms with Gasteiger partial charge in [0.25, 0.3) is 0 Å². The van der Waals surface area contributed by atoms with E-state index < -0.39 is 0 Å². The van der Waals surface area contributed by atoms with Crippen LogP contribution in [-0.2, 0) is 0 Å². The second-order valence-electron chi connectivity index (χ2n) is 1.47. The van der Waals surface area contributed by atoms with Gasteiger partial charge in [-0.15, -0.1) is 11.8 Å². The van der Waals surface area contributed by atoms with Gasteiger partial charge in [0.2, 0.25) is 0 Å². The van der Waals surface area contributed by atoms with Crippen molar-refractivity contribution in [2.45, 2.75) is 6.92 Å². The summed E-state index contributed by atoms with van der Waals surface area (Å²) in [7, 11) is 0. The quantitative estimate of drug-likeness (QED) is 0.628. The van der Waals surface area contributed by atoms with Crippen molar-refractivity contribution >= 4 is 11.8 Å². The predicted octanol–water partition coefficient (Wildman–Crippen LogP) is 1.73. The molecule has 2 N–H and O–H groups in total. The molecule has 0 saturated carbocycles. The van der Waals surface area contributed by atoms with Gasteiger partial charge >= 0.3 is 0 Å². The van der Waals surface area contributed by atoms with Crippen LogP contribution in [0.25, 0.3) is 0 Å². The molecule has 0 aliphatic carbocycles. The van der Waals surface area contributed by atoms with Crippen molar-refractivity contribution in [3.63, 3.8) is 0 Å². The lowest BCUT2D eigenvalue weighted by Crippen LogP contribution is -1.98. The molecule has 0 atom stereocenters. The van der Waals surface area contributed by atoms with Crippen LogP contribution in [0.3, 0.4) is 0 Å². The van der Waals surface area contributed by atoms with Gasteiger partial charge in [0.15, 0.2) is 0 Å². The largest absolute Gasteiger partial charge is 0.327 e. The molecule has 8 heavy (non-hydrogen) atoms. The maximum atomic E-state index is 5.30. The van der Waals surface area contributed by atoms with E-state index in [0.717, 1.165) is 0 Å². The maximum Gasteiger partial charge on any atom is 0.0142 e.